The number of nitrogens with one attached hydrogen (secondary N) is 1. The van der Waals surface area contributed by atoms with Gasteiger partial charge in [-0.1, -0.05) is 30.0 Å². The van der Waals surface area contributed by atoms with Crippen LogP contribution in [0.4, 0.5) is 4.39 Å². The Balaban J connectivity index is 1.33. The molecular weight excluding hydrogens is 385 g/mol. The second-order valence-corrected chi connectivity index (χ2v) is 6.85. The summed E-state index contributed by atoms with van der Waals surface area (Å²) in [4.78, 5) is 12.1. The molecule has 3 N–H and O–H groups in total. The molecule has 1 amide bonds. The normalized spacial score (nSPS) is 12.2. The van der Waals surface area contributed by atoms with Gasteiger partial charge in [-0.05, 0) is 29.8 Å². The zero-order valence-electron chi connectivity index (χ0n) is 14.6. The van der Waals surface area contributed by atoms with Gasteiger partial charge in [-0.2, -0.15) is 0 Å². The average Bonchev–Trinajstić information content (AvgIpc) is 3.31. The number of aromatic nitrogens is 3. The number of hydrogen-bond donors (Lipinski definition) is 2. The highest BCUT2D eigenvalue weighted by Crippen LogP contribution is 2.32. The van der Waals surface area contributed by atoms with Crippen molar-refractivity contribution in [1.82, 2.24) is 20.2 Å². The zero-order chi connectivity index (χ0) is 19.5. The van der Waals surface area contributed by atoms with E-state index in [2.05, 4.69) is 15.5 Å². The van der Waals surface area contributed by atoms with Crippen molar-refractivity contribution in [2.24, 2.45) is 0 Å². The molecule has 2 aromatic carbocycles. The van der Waals surface area contributed by atoms with E-state index in [4.69, 9.17) is 15.3 Å². The number of thioether (sulfide) groups is 1. The summed E-state index contributed by atoms with van der Waals surface area (Å²) in [5, 5.41) is 11.0. The fraction of sp³-hybridized carbons (Fsp3) is 0.167. The molecule has 0 saturated heterocycles. The number of nitrogen functional groups attached to an aromatic ring is 1. The number of benzene rings is 2. The van der Waals surface area contributed by atoms with Crippen molar-refractivity contribution in [1.29, 1.82) is 0 Å². The number of nitrogens with zero attached hydrogens (tertiary/aromatic N) is 3. The van der Waals surface area contributed by atoms with Crippen molar-refractivity contribution in [3.8, 4) is 22.9 Å². The lowest BCUT2D eigenvalue weighted by atomic mass is 10.2. The first-order valence-corrected chi connectivity index (χ1v) is 9.34. The predicted molar refractivity (Wildman–Crippen MR) is 101 cm³/mol. The third-order valence-corrected chi connectivity index (χ3v) is 4.98. The van der Waals surface area contributed by atoms with E-state index >= 15 is 0 Å². The van der Waals surface area contributed by atoms with Gasteiger partial charge >= 0.3 is 0 Å². The molecule has 28 heavy (non-hydrogen) atoms. The van der Waals surface area contributed by atoms with Crippen LogP contribution in [-0.4, -0.2) is 33.3 Å². The van der Waals surface area contributed by atoms with Gasteiger partial charge in [-0.25, -0.2) is 9.07 Å². The van der Waals surface area contributed by atoms with Gasteiger partial charge in [-0.15, -0.1) is 10.2 Å². The molecule has 8 nitrogen and oxygen atoms in total. The van der Waals surface area contributed by atoms with Crippen molar-refractivity contribution in [3.63, 3.8) is 0 Å². The van der Waals surface area contributed by atoms with Crippen LogP contribution in [0.2, 0.25) is 0 Å². The number of carbonyl (C=O) groups is 1. The van der Waals surface area contributed by atoms with Gasteiger partial charge in [0.2, 0.25) is 17.9 Å². The maximum Gasteiger partial charge on any atom is 0.231 e. The van der Waals surface area contributed by atoms with Gasteiger partial charge in [0.25, 0.3) is 0 Å². The summed E-state index contributed by atoms with van der Waals surface area (Å²) in [6.07, 6.45) is 0. The summed E-state index contributed by atoms with van der Waals surface area (Å²) in [5.74, 6) is 6.96. The first-order chi connectivity index (χ1) is 13.6. The summed E-state index contributed by atoms with van der Waals surface area (Å²) >= 11 is 1.12. The Bertz CT molecular complexity index is 1030. The quantitative estimate of drug-likeness (QED) is 0.480. The van der Waals surface area contributed by atoms with Gasteiger partial charge in [-0.3, -0.25) is 4.79 Å². The smallest absolute Gasteiger partial charge is 0.231 e. The maximum absolute atomic E-state index is 13.9. The van der Waals surface area contributed by atoms with Crippen LogP contribution in [0.3, 0.4) is 0 Å². The van der Waals surface area contributed by atoms with E-state index < -0.39 is 5.82 Å². The number of carbonyl (C=O) groups excluding carboxylic acids is 1. The molecule has 0 unspecified atom stereocenters. The van der Waals surface area contributed by atoms with Crippen molar-refractivity contribution in [2.75, 3.05) is 18.4 Å². The monoisotopic (exact) mass is 401 g/mol. The Morgan fingerprint density at radius 2 is 2.04 bits per heavy atom. The SMILES string of the molecule is Nn1c(SCC(=O)NCc2ccc3c(c2)OCO3)nnc1-c1ccccc1F. The van der Waals surface area contributed by atoms with Gasteiger partial charge in [0.05, 0.1) is 11.3 Å². The highest BCUT2D eigenvalue weighted by Gasteiger charge is 2.17. The van der Waals surface area contributed by atoms with Crippen molar-refractivity contribution in [2.45, 2.75) is 11.7 Å². The summed E-state index contributed by atoms with van der Waals surface area (Å²) in [6.45, 7) is 0.558. The molecule has 0 bridgehead atoms. The second-order valence-electron chi connectivity index (χ2n) is 5.91. The fourth-order valence-corrected chi connectivity index (χ4v) is 3.32. The Kier molecular flexibility index (Phi) is 5.02. The van der Waals surface area contributed by atoms with Crippen molar-refractivity contribution >= 4 is 17.7 Å². The van der Waals surface area contributed by atoms with Crippen LogP contribution in [0, 0.1) is 5.82 Å². The van der Waals surface area contributed by atoms with E-state index in [1.54, 1.807) is 24.3 Å². The molecule has 0 radical (unpaired) electrons. The third-order valence-electron chi connectivity index (χ3n) is 4.04. The van der Waals surface area contributed by atoms with Gasteiger partial charge in [0, 0.05) is 6.54 Å². The molecule has 0 aliphatic carbocycles. The Morgan fingerprint density at radius 1 is 1.21 bits per heavy atom. The van der Waals surface area contributed by atoms with Crippen LogP contribution < -0.4 is 20.6 Å². The second kappa shape index (κ2) is 7.77. The summed E-state index contributed by atoms with van der Waals surface area (Å²) in [7, 11) is 0. The molecule has 1 aliphatic rings. The molecule has 0 atom stereocenters. The minimum absolute atomic E-state index is 0.0944. The largest absolute Gasteiger partial charge is 0.454 e. The summed E-state index contributed by atoms with van der Waals surface area (Å²) in [5.41, 5.74) is 1.14. The number of fused-ring (bicyclic) bond motifs is 1. The number of hydrogen-bond acceptors (Lipinski definition) is 7. The van der Waals surface area contributed by atoms with Crippen LogP contribution in [-0.2, 0) is 11.3 Å². The molecule has 0 saturated carbocycles. The molecule has 4 rings (SSSR count). The lowest BCUT2D eigenvalue weighted by Crippen LogP contribution is -2.25. The first kappa shape index (κ1) is 18.1. The lowest BCUT2D eigenvalue weighted by molar-refractivity contribution is -0.118. The number of ether oxygens (including phenoxy) is 2. The minimum Gasteiger partial charge on any atom is -0.454 e. The summed E-state index contributed by atoms with van der Waals surface area (Å²) in [6, 6.07) is 11.6. The Morgan fingerprint density at radius 3 is 2.89 bits per heavy atom. The molecule has 144 valence electrons. The zero-order valence-corrected chi connectivity index (χ0v) is 15.4. The minimum atomic E-state index is -0.445. The molecule has 10 heteroatoms. The van der Waals surface area contributed by atoms with Gasteiger partial charge < -0.3 is 20.6 Å². The Labute approximate surface area is 163 Å². The van der Waals surface area contributed by atoms with Crippen molar-refractivity contribution < 1.29 is 18.7 Å². The van der Waals surface area contributed by atoms with E-state index in [-0.39, 0.29) is 29.8 Å². The van der Waals surface area contributed by atoms with Crippen LogP contribution in [0.5, 0.6) is 11.5 Å². The topological polar surface area (TPSA) is 104 Å². The van der Waals surface area contributed by atoms with Crippen LogP contribution in [0.25, 0.3) is 11.4 Å². The third kappa shape index (κ3) is 3.72. The average molecular weight is 401 g/mol. The molecule has 3 aromatic rings. The Hall–Kier alpha value is -3.27. The van der Waals surface area contributed by atoms with Crippen LogP contribution in [0.15, 0.2) is 47.6 Å². The highest BCUT2D eigenvalue weighted by molar-refractivity contribution is 7.99. The van der Waals surface area contributed by atoms with E-state index in [0.29, 0.717) is 23.2 Å². The summed E-state index contributed by atoms with van der Waals surface area (Å²) < 4.78 is 25.6. The highest BCUT2D eigenvalue weighted by atomic mass is 32.2. The van der Waals surface area contributed by atoms with E-state index in [0.717, 1.165) is 17.3 Å². The molecular formula is C18H16FN5O3S. The molecule has 2 heterocycles. The molecule has 0 spiro atoms. The van der Waals surface area contributed by atoms with Crippen LogP contribution in [0.1, 0.15) is 5.56 Å². The van der Waals surface area contributed by atoms with Gasteiger partial charge in [0.15, 0.2) is 17.3 Å². The van der Waals surface area contributed by atoms with E-state index in [1.165, 1.54) is 10.7 Å². The lowest BCUT2D eigenvalue weighted by Gasteiger charge is -2.07. The maximum atomic E-state index is 13.9. The molecule has 1 aromatic heterocycles. The van der Waals surface area contributed by atoms with Crippen LogP contribution >= 0.6 is 11.8 Å². The number of rotatable bonds is 6. The van der Waals surface area contributed by atoms with Crippen molar-refractivity contribution in [3.05, 3.63) is 53.8 Å². The number of halogens is 1. The number of nitrogens with two attached hydrogens (primary N) is 1. The number of amides is 1. The first-order valence-electron chi connectivity index (χ1n) is 8.35. The molecule has 0 fully saturated rings. The predicted octanol–water partition coefficient (Wildman–Crippen LogP) is 1.94. The standard InChI is InChI=1S/C18H16FN5O3S/c19-13-4-2-1-3-12(13)17-22-23-18(24(17)20)28-9-16(25)21-8-11-5-6-14-15(7-11)27-10-26-14/h1-7H,8-10,20H2,(H,21,25). The fourth-order valence-electron chi connectivity index (χ4n) is 2.63. The van der Waals surface area contributed by atoms with E-state index in [1.807, 2.05) is 12.1 Å². The molecule has 1 aliphatic heterocycles. The van der Waals surface area contributed by atoms with E-state index in [9.17, 15) is 9.18 Å². The van der Waals surface area contributed by atoms with Gasteiger partial charge in [0.1, 0.15) is 5.82 Å².